The molecule has 43 heavy (non-hydrogen) atoms. The molecular weight excluding hydrogens is 606 g/mol. The van der Waals surface area contributed by atoms with E-state index in [1.165, 1.54) is 35.8 Å². The van der Waals surface area contributed by atoms with E-state index in [9.17, 15) is 21.6 Å². The third-order valence-corrected chi connectivity index (χ3v) is 9.44. The molecule has 1 aromatic carbocycles. The summed E-state index contributed by atoms with van der Waals surface area (Å²) in [6.45, 7) is 1.84. The van der Waals surface area contributed by atoms with E-state index in [1.54, 1.807) is 0 Å². The van der Waals surface area contributed by atoms with E-state index in [0.717, 1.165) is 55.3 Å². The predicted molar refractivity (Wildman–Crippen MR) is 148 cm³/mol. The van der Waals surface area contributed by atoms with Crippen LogP contribution in [0.3, 0.4) is 0 Å². The van der Waals surface area contributed by atoms with Crippen molar-refractivity contribution in [2.75, 3.05) is 31.7 Å². The Hall–Kier alpha value is -3.25. The van der Waals surface area contributed by atoms with Gasteiger partial charge in [0.2, 0.25) is 10.2 Å². The minimum Gasteiger partial charge on any atom is -0.451 e. The van der Waals surface area contributed by atoms with Crippen LogP contribution in [0.4, 0.5) is 10.5 Å². The van der Waals surface area contributed by atoms with E-state index in [4.69, 9.17) is 32.9 Å². The average Bonchev–Trinajstić information content (AvgIpc) is 3.79. The molecule has 232 valence electrons. The van der Waals surface area contributed by atoms with Crippen molar-refractivity contribution < 1.29 is 49.4 Å². The second-order valence-corrected chi connectivity index (χ2v) is 13.5. The summed E-state index contributed by atoms with van der Waals surface area (Å²) in [6.07, 6.45) is 7.22. The molecule has 2 aliphatic carbocycles. The molecule has 0 saturated carbocycles. The molecule has 7 rings (SSSR count). The van der Waals surface area contributed by atoms with Crippen LogP contribution in [0.25, 0.3) is 0 Å². The van der Waals surface area contributed by atoms with Gasteiger partial charge in [-0.2, -0.15) is 8.42 Å². The smallest absolute Gasteiger partial charge is 0.333 e. The third kappa shape index (κ3) is 6.50. The number of hydrogen-bond donors (Lipinski definition) is 3. The summed E-state index contributed by atoms with van der Waals surface area (Å²) in [5, 5.41) is 7.03. The highest BCUT2D eigenvalue weighted by Gasteiger charge is 2.29. The lowest BCUT2D eigenvalue weighted by Crippen LogP contribution is -2.34. The Morgan fingerprint density at radius 2 is 1.21 bits per heavy atom. The van der Waals surface area contributed by atoms with Gasteiger partial charge in [-0.3, -0.25) is 0 Å². The Labute approximate surface area is 247 Å². The fourth-order valence-corrected chi connectivity index (χ4v) is 6.92. The Morgan fingerprint density at radius 1 is 0.721 bits per heavy atom. The van der Waals surface area contributed by atoms with Crippen molar-refractivity contribution >= 4 is 31.8 Å². The highest BCUT2D eigenvalue weighted by molar-refractivity contribution is 7.90. The molecule has 0 unspecified atom stereocenters. The molecule has 14 nitrogen and oxygen atoms in total. The first kappa shape index (κ1) is 29.8. The number of fused-ring (bicyclic) bond motifs is 2. The van der Waals surface area contributed by atoms with E-state index in [0.29, 0.717) is 37.6 Å². The van der Waals surface area contributed by atoms with Crippen molar-refractivity contribution in [1.29, 1.82) is 0 Å². The van der Waals surface area contributed by atoms with Gasteiger partial charge in [0.25, 0.3) is 20.0 Å². The third-order valence-electron chi connectivity index (χ3n) is 7.46. The molecule has 0 spiro atoms. The molecule has 2 aromatic heterocycles. The van der Waals surface area contributed by atoms with Crippen LogP contribution in [-0.2, 0) is 64.7 Å². The maximum atomic E-state index is 12.6. The number of sulfonamides is 2. The van der Waals surface area contributed by atoms with Gasteiger partial charge in [0.1, 0.15) is 12.5 Å². The van der Waals surface area contributed by atoms with Crippen LogP contribution in [0.2, 0.25) is 0 Å². The van der Waals surface area contributed by atoms with Crippen LogP contribution in [0, 0.1) is 0 Å². The zero-order valence-corrected chi connectivity index (χ0v) is 24.6. The number of ether oxygens (including phenoxy) is 4. The number of hydrogen-bond acceptors (Lipinski definition) is 11. The Bertz CT molecular complexity index is 1690. The van der Waals surface area contributed by atoms with Crippen LogP contribution in [0.1, 0.15) is 58.8 Å². The van der Waals surface area contributed by atoms with Crippen molar-refractivity contribution in [3.8, 4) is 0 Å². The van der Waals surface area contributed by atoms with Crippen LogP contribution >= 0.6 is 0 Å². The molecule has 2 fully saturated rings. The van der Waals surface area contributed by atoms with E-state index in [2.05, 4.69) is 16.1 Å². The molecule has 0 atom stereocenters. The summed E-state index contributed by atoms with van der Waals surface area (Å²) >= 11 is 0. The molecule has 2 saturated heterocycles. The molecule has 0 bridgehead atoms. The summed E-state index contributed by atoms with van der Waals surface area (Å²) < 4.78 is 79.8. The van der Waals surface area contributed by atoms with Crippen molar-refractivity contribution in [3.05, 3.63) is 64.1 Å². The first-order chi connectivity index (χ1) is 20.6. The molecule has 4 N–H and O–H groups in total. The van der Waals surface area contributed by atoms with Gasteiger partial charge in [-0.1, -0.05) is 6.07 Å². The quantitative estimate of drug-likeness (QED) is 0.359. The Balaban J connectivity index is 0.000000197. The number of nitrogens with two attached hydrogens (primary N) is 1. The number of carbonyl (C=O) groups is 1. The summed E-state index contributed by atoms with van der Waals surface area (Å²) in [6, 6.07) is 4.07. The lowest BCUT2D eigenvalue weighted by molar-refractivity contribution is -0.0446. The fraction of sp³-hybridized carbons (Fsp3) is 0.444. The number of benzene rings is 1. The Kier molecular flexibility index (Phi) is 8.34. The molecule has 2 amide bonds. The van der Waals surface area contributed by atoms with Gasteiger partial charge >= 0.3 is 6.03 Å². The normalized spacial score (nSPS) is 18.7. The number of aryl methyl sites for hydroxylation is 2. The van der Waals surface area contributed by atoms with Crippen molar-refractivity contribution in [1.82, 2.24) is 4.72 Å². The zero-order valence-electron chi connectivity index (χ0n) is 23.0. The van der Waals surface area contributed by atoms with Gasteiger partial charge in [0.05, 0.1) is 26.4 Å². The highest BCUT2D eigenvalue weighted by atomic mass is 32.2. The first-order valence-electron chi connectivity index (χ1n) is 13.7. The number of amides is 2. The van der Waals surface area contributed by atoms with Crippen molar-refractivity contribution in [3.63, 3.8) is 0 Å². The largest absolute Gasteiger partial charge is 0.451 e. The van der Waals surface area contributed by atoms with Gasteiger partial charge in [0.15, 0.2) is 12.6 Å². The molecule has 2 aliphatic heterocycles. The maximum absolute atomic E-state index is 12.6. The summed E-state index contributed by atoms with van der Waals surface area (Å²) in [7, 11) is -7.95. The van der Waals surface area contributed by atoms with Crippen LogP contribution in [0.15, 0.2) is 49.7 Å². The highest BCUT2D eigenvalue weighted by Crippen LogP contribution is 2.38. The molecule has 3 aromatic rings. The molecule has 0 radical (unpaired) electrons. The monoisotopic (exact) mass is 637 g/mol. The number of nitrogens with one attached hydrogen (secondary N) is 2. The summed E-state index contributed by atoms with van der Waals surface area (Å²) in [4.78, 5) is 12.6. The second-order valence-electron chi connectivity index (χ2n) is 10.4. The summed E-state index contributed by atoms with van der Waals surface area (Å²) in [5.74, 6) is 0. The summed E-state index contributed by atoms with van der Waals surface area (Å²) in [5.41, 5.74) is 6.55. The van der Waals surface area contributed by atoms with E-state index < -0.39 is 38.7 Å². The fourth-order valence-electron chi connectivity index (χ4n) is 5.58. The average molecular weight is 638 g/mol. The maximum Gasteiger partial charge on any atom is 0.333 e. The lowest BCUT2D eigenvalue weighted by Gasteiger charge is -2.16. The van der Waals surface area contributed by atoms with Crippen LogP contribution in [0.5, 0.6) is 0 Å². The SMILES string of the molecule is NS(=O)(=O)c1cc(C2OCCO2)co1.O=C(Nc1c2c(cc3c1CCC3)CCC2)NS(=O)(=O)c1cc(C2OCCO2)co1. The zero-order chi connectivity index (χ0) is 30.2. The molecule has 16 heteroatoms. The number of rotatable bonds is 6. The van der Waals surface area contributed by atoms with E-state index >= 15 is 0 Å². The standard InChI is InChI=1S/C20H22N2O6S.C7H9NO5S/c23-20(21-18-15-5-1-3-12(15)9-13-4-2-6-16(13)18)22-29(24,25)17-10-14(11-28-17)19-26-7-8-27-19;8-14(9,10)6-3-5(4-13-6)7-11-1-2-12-7/h9-11,19H,1-8H2,(H2,21,22,23);3-4,7H,1-2H2,(H2,8,9,10). The minimum absolute atomic E-state index is 0.286. The molecule has 4 heterocycles. The number of furan rings is 2. The second kappa shape index (κ2) is 12.0. The van der Waals surface area contributed by atoms with E-state index in [-0.39, 0.29) is 10.2 Å². The number of anilines is 1. The van der Waals surface area contributed by atoms with Crippen LogP contribution < -0.4 is 15.2 Å². The topological polar surface area (TPSA) is 199 Å². The van der Waals surface area contributed by atoms with Gasteiger partial charge in [-0.25, -0.2) is 23.1 Å². The van der Waals surface area contributed by atoms with Gasteiger partial charge in [0, 0.05) is 28.9 Å². The van der Waals surface area contributed by atoms with Gasteiger partial charge in [-0.15, -0.1) is 0 Å². The van der Waals surface area contributed by atoms with Crippen molar-refractivity contribution in [2.24, 2.45) is 5.14 Å². The van der Waals surface area contributed by atoms with Crippen molar-refractivity contribution in [2.45, 2.75) is 61.3 Å². The molecule has 4 aliphatic rings. The number of carbonyl (C=O) groups excluding carboxylic acids is 1. The lowest BCUT2D eigenvalue weighted by atomic mass is 9.99. The van der Waals surface area contributed by atoms with Crippen LogP contribution in [-0.4, -0.2) is 49.3 Å². The predicted octanol–water partition coefficient (Wildman–Crippen LogP) is 2.79. The first-order valence-corrected chi connectivity index (χ1v) is 16.8. The Morgan fingerprint density at radius 3 is 1.70 bits per heavy atom. The van der Waals surface area contributed by atoms with E-state index in [1.807, 2.05) is 0 Å². The minimum atomic E-state index is -4.16. The van der Waals surface area contributed by atoms with Gasteiger partial charge < -0.3 is 33.1 Å². The number of urea groups is 1. The van der Waals surface area contributed by atoms with Gasteiger partial charge in [-0.05, 0) is 60.8 Å². The number of primary sulfonamides is 1. The molecular formula is C27H31N3O11S2.